The van der Waals surface area contributed by atoms with Crippen LogP contribution in [0.3, 0.4) is 0 Å². The summed E-state index contributed by atoms with van der Waals surface area (Å²) in [5, 5.41) is 3.96. The summed E-state index contributed by atoms with van der Waals surface area (Å²) in [4.78, 5) is 12.3. The Labute approximate surface area is 199 Å². The maximum Gasteiger partial charge on any atom is 0.255 e. The van der Waals surface area contributed by atoms with E-state index in [9.17, 15) is 13.2 Å². The first-order valence-electron chi connectivity index (χ1n) is 10.5. The average molecular weight is 482 g/mol. The van der Waals surface area contributed by atoms with E-state index in [1.165, 1.54) is 26.4 Å². The first-order chi connectivity index (χ1) is 16.3. The normalized spacial score (nSPS) is 11.5. The third kappa shape index (κ3) is 6.43. The molecule has 0 bridgehead atoms. The molecule has 1 amide bonds. The van der Waals surface area contributed by atoms with Gasteiger partial charge in [-0.25, -0.2) is 13.8 Å². The average Bonchev–Trinajstić information content (AvgIpc) is 2.84. The standard InChI is InChI=1S/C25H27N3O5S/c1-19-13-14-23(32-3)24(15-19)34(30,31)28(2)17-25(29)27-26-16-21-11-7-8-12-22(21)33-18-20-9-5-4-6-10-20/h4-16H,17-18H2,1-3H3,(H,27,29)/b26-16-. The Balaban J connectivity index is 1.62. The highest BCUT2D eigenvalue weighted by Crippen LogP contribution is 2.27. The molecule has 0 saturated heterocycles. The minimum atomic E-state index is -3.94. The predicted octanol–water partition coefficient (Wildman–Crippen LogP) is 3.35. The summed E-state index contributed by atoms with van der Waals surface area (Å²) in [6, 6.07) is 21.9. The molecule has 9 heteroatoms. The number of benzene rings is 3. The van der Waals surface area contributed by atoms with Crippen LogP contribution >= 0.6 is 0 Å². The largest absolute Gasteiger partial charge is 0.495 e. The summed E-state index contributed by atoms with van der Waals surface area (Å²) >= 11 is 0. The Morgan fingerprint density at radius 1 is 1.03 bits per heavy atom. The van der Waals surface area contributed by atoms with Crippen LogP contribution in [-0.4, -0.2) is 45.5 Å². The van der Waals surface area contributed by atoms with Gasteiger partial charge in [-0.2, -0.15) is 9.41 Å². The Morgan fingerprint density at radius 3 is 2.47 bits per heavy atom. The second kappa shape index (κ2) is 11.4. The fraction of sp³-hybridized carbons (Fsp3) is 0.200. The number of methoxy groups -OCH3 is 1. The maximum atomic E-state index is 12.9. The minimum Gasteiger partial charge on any atom is -0.495 e. The van der Waals surface area contributed by atoms with Crippen molar-refractivity contribution in [3.05, 3.63) is 89.5 Å². The molecule has 1 N–H and O–H groups in total. The number of ether oxygens (including phenoxy) is 2. The number of sulfonamides is 1. The van der Waals surface area contributed by atoms with Gasteiger partial charge in [-0.15, -0.1) is 0 Å². The second-order valence-corrected chi connectivity index (χ2v) is 9.53. The molecule has 34 heavy (non-hydrogen) atoms. The first kappa shape index (κ1) is 24.9. The number of amides is 1. The molecular formula is C25H27N3O5S. The molecule has 0 heterocycles. The highest BCUT2D eigenvalue weighted by molar-refractivity contribution is 7.89. The summed E-state index contributed by atoms with van der Waals surface area (Å²) in [5.41, 5.74) is 4.82. The number of likely N-dealkylation sites (N-methyl/N-ethyl adjacent to an activating group) is 1. The summed E-state index contributed by atoms with van der Waals surface area (Å²) < 4.78 is 37.9. The van der Waals surface area contributed by atoms with Crippen molar-refractivity contribution < 1.29 is 22.7 Å². The number of carbonyl (C=O) groups is 1. The fourth-order valence-corrected chi connectivity index (χ4v) is 4.47. The molecule has 0 aromatic heterocycles. The lowest BCUT2D eigenvalue weighted by Crippen LogP contribution is -2.36. The van der Waals surface area contributed by atoms with Gasteiger partial charge >= 0.3 is 0 Å². The van der Waals surface area contributed by atoms with Crippen LogP contribution in [0.1, 0.15) is 16.7 Å². The number of hydrazone groups is 1. The van der Waals surface area contributed by atoms with Crippen LogP contribution in [0.15, 0.2) is 82.8 Å². The van der Waals surface area contributed by atoms with Gasteiger partial charge in [-0.3, -0.25) is 4.79 Å². The number of nitrogens with zero attached hydrogens (tertiary/aromatic N) is 2. The maximum absolute atomic E-state index is 12.9. The van der Waals surface area contributed by atoms with Crippen LogP contribution < -0.4 is 14.9 Å². The molecule has 0 atom stereocenters. The molecule has 0 radical (unpaired) electrons. The monoisotopic (exact) mass is 481 g/mol. The van der Waals surface area contributed by atoms with E-state index in [1.807, 2.05) is 48.5 Å². The molecule has 0 saturated carbocycles. The SMILES string of the molecule is COc1ccc(C)cc1S(=O)(=O)N(C)CC(=O)N/N=C\c1ccccc1OCc1ccccc1. The lowest BCUT2D eigenvalue weighted by molar-refractivity contribution is -0.121. The zero-order valence-electron chi connectivity index (χ0n) is 19.3. The van der Waals surface area contributed by atoms with Gasteiger partial charge < -0.3 is 9.47 Å². The number of aryl methyl sites for hydroxylation is 1. The topological polar surface area (TPSA) is 97.3 Å². The molecular weight excluding hydrogens is 454 g/mol. The highest BCUT2D eigenvalue weighted by Gasteiger charge is 2.26. The van der Waals surface area contributed by atoms with E-state index in [0.29, 0.717) is 17.9 Å². The van der Waals surface area contributed by atoms with Crippen LogP contribution in [0.2, 0.25) is 0 Å². The number of rotatable bonds is 10. The van der Waals surface area contributed by atoms with Crippen molar-refractivity contribution in [2.45, 2.75) is 18.4 Å². The zero-order valence-corrected chi connectivity index (χ0v) is 20.1. The highest BCUT2D eigenvalue weighted by atomic mass is 32.2. The van der Waals surface area contributed by atoms with Crippen molar-refractivity contribution in [2.24, 2.45) is 5.10 Å². The molecule has 3 aromatic carbocycles. The number of hydrogen-bond donors (Lipinski definition) is 1. The van der Waals surface area contributed by atoms with E-state index >= 15 is 0 Å². The van der Waals surface area contributed by atoms with Gasteiger partial charge in [0.05, 0.1) is 19.9 Å². The second-order valence-electron chi connectivity index (χ2n) is 7.52. The summed E-state index contributed by atoms with van der Waals surface area (Å²) in [6.07, 6.45) is 1.45. The number of nitrogens with one attached hydrogen (secondary N) is 1. The quantitative estimate of drug-likeness (QED) is 0.354. The minimum absolute atomic E-state index is 0.00158. The van der Waals surface area contributed by atoms with Crippen LogP contribution in [0, 0.1) is 6.92 Å². The number of carbonyl (C=O) groups excluding carboxylic acids is 1. The molecule has 0 fully saturated rings. The van der Waals surface area contributed by atoms with Crippen molar-refractivity contribution in [3.63, 3.8) is 0 Å². The number of hydrogen-bond acceptors (Lipinski definition) is 6. The molecule has 0 aliphatic rings. The van der Waals surface area contributed by atoms with Crippen molar-refractivity contribution in [1.29, 1.82) is 0 Å². The first-order valence-corrected chi connectivity index (χ1v) is 11.9. The summed E-state index contributed by atoms with van der Waals surface area (Å²) in [6.45, 7) is 1.76. The van der Waals surface area contributed by atoms with Crippen molar-refractivity contribution in [2.75, 3.05) is 20.7 Å². The molecule has 0 aliphatic carbocycles. The summed E-state index contributed by atoms with van der Waals surface area (Å²) in [7, 11) is -1.22. The molecule has 0 aliphatic heterocycles. The van der Waals surface area contributed by atoms with Crippen molar-refractivity contribution in [3.8, 4) is 11.5 Å². The fourth-order valence-electron chi connectivity index (χ4n) is 3.10. The van der Waals surface area contributed by atoms with Gasteiger partial charge in [-0.05, 0) is 42.3 Å². The van der Waals surface area contributed by atoms with E-state index in [1.54, 1.807) is 25.1 Å². The van der Waals surface area contributed by atoms with Crippen molar-refractivity contribution >= 4 is 22.1 Å². The molecule has 8 nitrogen and oxygen atoms in total. The van der Waals surface area contributed by atoms with Crippen LogP contribution in [0.25, 0.3) is 0 Å². The van der Waals surface area contributed by atoms with Crippen molar-refractivity contribution in [1.82, 2.24) is 9.73 Å². The van der Waals surface area contributed by atoms with Gasteiger partial charge in [0, 0.05) is 12.6 Å². The molecule has 3 rings (SSSR count). The van der Waals surface area contributed by atoms with Gasteiger partial charge in [0.25, 0.3) is 5.91 Å². The van der Waals surface area contributed by atoms with Gasteiger partial charge in [0.1, 0.15) is 23.0 Å². The van der Waals surface area contributed by atoms with E-state index < -0.39 is 22.5 Å². The van der Waals surface area contributed by atoms with Gasteiger partial charge in [0.2, 0.25) is 10.0 Å². The van der Waals surface area contributed by atoms with Crippen LogP contribution in [0.5, 0.6) is 11.5 Å². The van der Waals surface area contributed by atoms with E-state index in [-0.39, 0.29) is 10.6 Å². The Bertz CT molecular complexity index is 1260. The number of para-hydroxylation sites is 1. The molecule has 178 valence electrons. The van der Waals surface area contributed by atoms with E-state index in [4.69, 9.17) is 9.47 Å². The molecule has 0 unspecified atom stereocenters. The van der Waals surface area contributed by atoms with Gasteiger partial charge in [0.15, 0.2) is 0 Å². The lowest BCUT2D eigenvalue weighted by atomic mass is 10.2. The molecule has 3 aromatic rings. The van der Waals surface area contributed by atoms with Gasteiger partial charge in [-0.1, -0.05) is 48.5 Å². The van der Waals surface area contributed by atoms with E-state index in [2.05, 4.69) is 10.5 Å². The zero-order chi connectivity index (χ0) is 24.6. The Morgan fingerprint density at radius 2 is 1.74 bits per heavy atom. The Hall–Kier alpha value is -3.69. The molecule has 0 spiro atoms. The third-order valence-electron chi connectivity index (χ3n) is 4.92. The summed E-state index contributed by atoms with van der Waals surface area (Å²) in [5.74, 6) is 0.232. The predicted molar refractivity (Wildman–Crippen MR) is 130 cm³/mol. The lowest BCUT2D eigenvalue weighted by Gasteiger charge is -2.18. The van der Waals surface area contributed by atoms with E-state index in [0.717, 1.165) is 15.4 Å². The van der Waals surface area contributed by atoms with Crippen LogP contribution in [0.4, 0.5) is 0 Å². The Kier molecular flexibility index (Phi) is 8.39. The van der Waals surface area contributed by atoms with Crippen LogP contribution in [-0.2, 0) is 21.4 Å². The smallest absolute Gasteiger partial charge is 0.255 e. The third-order valence-corrected chi connectivity index (χ3v) is 6.75.